The second-order valence-corrected chi connectivity index (χ2v) is 4.97. The molecule has 0 heterocycles. The van der Waals surface area contributed by atoms with Gasteiger partial charge in [0.05, 0.1) is 28.8 Å². The molecule has 1 aromatic rings. The summed E-state index contributed by atoms with van der Waals surface area (Å²) >= 11 is 11.6. The van der Waals surface area contributed by atoms with Crippen LogP contribution in [0.3, 0.4) is 0 Å². The summed E-state index contributed by atoms with van der Waals surface area (Å²) in [7, 11) is 0. The zero-order chi connectivity index (χ0) is 14.5. The number of aliphatic hydroxyl groups is 2. The Hall–Kier alpha value is -1.01. The van der Waals surface area contributed by atoms with Gasteiger partial charge in [-0.2, -0.15) is 0 Å². The molecule has 5 nitrogen and oxygen atoms in total. The molecular formula is C12H16Cl2N2O3. The first kappa shape index (κ1) is 16.0. The summed E-state index contributed by atoms with van der Waals surface area (Å²) < 4.78 is 0. The van der Waals surface area contributed by atoms with Gasteiger partial charge in [0.25, 0.3) is 0 Å². The van der Waals surface area contributed by atoms with E-state index in [0.29, 0.717) is 22.2 Å². The Morgan fingerprint density at radius 1 is 1.26 bits per heavy atom. The predicted octanol–water partition coefficient (Wildman–Crippen LogP) is 2.25. The molecule has 0 saturated heterocycles. The summed E-state index contributed by atoms with van der Waals surface area (Å²) in [5.41, 5.74) is -0.576. The molecule has 4 N–H and O–H groups in total. The first-order chi connectivity index (χ1) is 8.96. The van der Waals surface area contributed by atoms with Crippen LogP contribution in [-0.2, 0) is 0 Å². The van der Waals surface area contributed by atoms with E-state index in [0.717, 1.165) is 0 Å². The molecule has 0 aromatic heterocycles. The molecule has 1 rings (SSSR count). The topological polar surface area (TPSA) is 81.6 Å². The molecule has 0 fully saturated rings. The minimum atomic E-state index is -1.04. The second-order valence-electron chi connectivity index (χ2n) is 4.16. The lowest BCUT2D eigenvalue weighted by atomic mass is 9.99. The average molecular weight is 307 g/mol. The van der Waals surface area contributed by atoms with Crippen molar-refractivity contribution in [1.82, 2.24) is 5.32 Å². The van der Waals surface area contributed by atoms with Crippen LogP contribution in [-0.4, -0.2) is 35.0 Å². The van der Waals surface area contributed by atoms with Gasteiger partial charge in [-0.1, -0.05) is 30.1 Å². The Kier molecular flexibility index (Phi) is 5.87. The quantitative estimate of drug-likeness (QED) is 0.673. The van der Waals surface area contributed by atoms with Crippen molar-refractivity contribution in [1.29, 1.82) is 0 Å². The van der Waals surface area contributed by atoms with E-state index < -0.39 is 11.6 Å². The van der Waals surface area contributed by atoms with Gasteiger partial charge in [0.2, 0.25) is 0 Å². The van der Waals surface area contributed by atoms with Gasteiger partial charge in [-0.05, 0) is 24.6 Å². The van der Waals surface area contributed by atoms with Crippen LogP contribution in [0.1, 0.15) is 13.3 Å². The van der Waals surface area contributed by atoms with E-state index in [9.17, 15) is 15.0 Å². The summed E-state index contributed by atoms with van der Waals surface area (Å²) in [6, 6.07) is 4.13. The Bertz CT molecular complexity index is 442. The summed E-state index contributed by atoms with van der Waals surface area (Å²) in [4.78, 5) is 11.8. The van der Waals surface area contributed by atoms with E-state index in [1.807, 2.05) is 0 Å². The smallest absolute Gasteiger partial charge is 0.319 e. The van der Waals surface area contributed by atoms with Gasteiger partial charge in [-0.25, -0.2) is 4.79 Å². The lowest BCUT2D eigenvalue weighted by Gasteiger charge is -2.29. The van der Waals surface area contributed by atoms with Crippen LogP contribution in [0.4, 0.5) is 10.5 Å². The average Bonchev–Trinajstić information content (AvgIpc) is 2.40. The summed E-state index contributed by atoms with van der Waals surface area (Å²) in [6.07, 6.45) is 0.398. The maximum absolute atomic E-state index is 11.8. The van der Waals surface area contributed by atoms with Crippen LogP contribution in [0.2, 0.25) is 10.0 Å². The van der Waals surface area contributed by atoms with Gasteiger partial charge in [-0.3, -0.25) is 0 Å². The number of benzene rings is 1. The monoisotopic (exact) mass is 306 g/mol. The van der Waals surface area contributed by atoms with Crippen LogP contribution in [0, 0.1) is 0 Å². The zero-order valence-corrected chi connectivity index (χ0v) is 11.9. The molecular weight excluding hydrogens is 291 g/mol. The number of aliphatic hydroxyl groups excluding tert-OH is 2. The number of urea groups is 1. The SMILES string of the molecule is CCC(CO)(CO)NC(=O)Nc1ccc(Cl)c(Cl)c1. The van der Waals surface area contributed by atoms with Crippen molar-refractivity contribution in [2.75, 3.05) is 18.5 Å². The number of halogens is 2. The van der Waals surface area contributed by atoms with Crippen molar-refractivity contribution >= 4 is 34.9 Å². The van der Waals surface area contributed by atoms with Gasteiger partial charge in [-0.15, -0.1) is 0 Å². The number of rotatable bonds is 5. The van der Waals surface area contributed by atoms with Crippen molar-refractivity contribution in [2.45, 2.75) is 18.9 Å². The van der Waals surface area contributed by atoms with Gasteiger partial charge in [0, 0.05) is 5.69 Å². The Balaban J connectivity index is 2.71. The first-order valence-corrected chi connectivity index (χ1v) is 6.48. The molecule has 19 heavy (non-hydrogen) atoms. The van der Waals surface area contributed by atoms with Crippen molar-refractivity contribution < 1.29 is 15.0 Å². The molecule has 106 valence electrons. The molecule has 0 unspecified atom stereocenters. The zero-order valence-electron chi connectivity index (χ0n) is 10.4. The number of hydrogen-bond acceptors (Lipinski definition) is 3. The molecule has 0 saturated carbocycles. The summed E-state index contributed by atoms with van der Waals surface area (Å²) in [5, 5.41) is 24.3. The fourth-order valence-electron chi connectivity index (χ4n) is 1.42. The molecule has 0 aliphatic rings. The van der Waals surface area contributed by atoms with Gasteiger partial charge < -0.3 is 20.8 Å². The summed E-state index contributed by atoms with van der Waals surface area (Å²) in [6.45, 7) is 1.05. The Morgan fingerprint density at radius 2 is 1.89 bits per heavy atom. The van der Waals surface area contributed by atoms with E-state index in [2.05, 4.69) is 10.6 Å². The standard InChI is InChI=1S/C12H16Cl2N2O3/c1-2-12(6-17,7-18)16-11(19)15-8-3-4-9(13)10(14)5-8/h3-5,17-18H,2,6-7H2,1H3,(H2,15,16,19). The third kappa shape index (κ3) is 4.24. The highest BCUT2D eigenvalue weighted by Gasteiger charge is 2.28. The third-order valence-electron chi connectivity index (χ3n) is 2.84. The largest absolute Gasteiger partial charge is 0.394 e. The van der Waals surface area contributed by atoms with E-state index in [1.165, 1.54) is 6.07 Å². The van der Waals surface area contributed by atoms with Crippen LogP contribution < -0.4 is 10.6 Å². The number of carbonyl (C=O) groups is 1. The normalized spacial score (nSPS) is 11.2. The van der Waals surface area contributed by atoms with Crippen molar-refractivity contribution in [3.63, 3.8) is 0 Å². The third-order valence-corrected chi connectivity index (χ3v) is 3.58. The molecule has 0 atom stereocenters. The molecule has 0 bridgehead atoms. The van der Waals surface area contributed by atoms with Gasteiger partial charge >= 0.3 is 6.03 Å². The predicted molar refractivity (Wildman–Crippen MR) is 75.8 cm³/mol. The highest BCUT2D eigenvalue weighted by molar-refractivity contribution is 6.42. The fraction of sp³-hybridized carbons (Fsp3) is 0.417. The van der Waals surface area contributed by atoms with Crippen LogP contribution in [0.15, 0.2) is 18.2 Å². The molecule has 1 aromatic carbocycles. The van der Waals surface area contributed by atoms with Gasteiger partial charge in [0.15, 0.2) is 0 Å². The number of amides is 2. The van der Waals surface area contributed by atoms with E-state index >= 15 is 0 Å². The summed E-state index contributed by atoms with van der Waals surface area (Å²) in [5.74, 6) is 0. The highest BCUT2D eigenvalue weighted by atomic mass is 35.5. The molecule has 0 aliphatic carbocycles. The maximum Gasteiger partial charge on any atom is 0.319 e. The molecule has 0 spiro atoms. The molecule has 0 aliphatic heterocycles. The second kappa shape index (κ2) is 6.96. The lowest BCUT2D eigenvalue weighted by molar-refractivity contribution is 0.0955. The molecule has 0 radical (unpaired) electrons. The van der Waals surface area contributed by atoms with Crippen LogP contribution in [0.25, 0.3) is 0 Å². The van der Waals surface area contributed by atoms with E-state index in [-0.39, 0.29) is 13.2 Å². The lowest BCUT2D eigenvalue weighted by Crippen LogP contribution is -2.55. The molecule has 7 heteroatoms. The minimum Gasteiger partial charge on any atom is -0.394 e. The fourth-order valence-corrected chi connectivity index (χ4v) is 1.72. The number of hydrogen-bond donors (Lipinski definition) is 4. The highest BCUT2D eigenvalue weighted by Crippen LogP contribution is 2.25. The van der Waals surface area contributed by atoms with E-state index in [1.54, 1.807) is 19.1 Å². The van der Waals surface area contributed by atoms with E-state index in [4.69, 9.17) is 23.2 Å². The number of nitrogens with one attached hydrogen (secondary N) is 2. The van der Waals surface area contributed by atoms with Crippen LogP contribution in [0.5, 0.6) is 0 Å². The van der Waals surface area contributed by atoms with Gasteiger partial charge in [0.1, 0.15) is 0 Å². The first-order valence-electron chi connectivity index (χ1n) is 5.72. The maximum atomic E-state index is 11.8. The number of anilines is 1. The van der Waals surface area contributed by atoms with Crippen LogP contribution >= 0.6 is 23.2 Å². The number of carbonyl (C=O) groups excluding carboxylic acids is 1. The Labute approximate surface area is 121 Å². The molecule has 2 amide bonds. The van der Waals surface area contributed by atoms with Crippen molar-refractivity contribution in [3.05, 3.63) is 28.2 Å². The minimum absolute atomic E-state index is 0.325. The Morgan fingerprint density at radius 3 is 2.37 bits per heavy atom. The van der Waals surface area contributed by atoms with Crippen molar-refractivity contribution in [2.24, 2.45) is 0 Å². The van der Waals surface area contributed by atoms with Crippen molar-refractivity contribution in [3.8, 4) is 0 Å².